The third-order valence-corrected chi connectivity index (χ3v) is 4.44. The Hall–Kier alpha value is -3.56. The third kappa shape index (κ3) is 4.15. The summed E-state index contributed by atoms with van der Waals surface area (Å²) in [7, 11) is 0. The maximum atomic E-state index is 14.3. The van der Waals surface area contributed by atoms with Crippen molar-refractivity contribution in [1.29, 1.82) is 5.41 Å². The zero-order chi connectivity index (χ0) is 21.1. The summed E-state index contributed by atoms with van der Waals surface area (Å²) in [5, 5.41) is 10.5. The Morgan fingerprint density at radius 2 is 2.21 bits per heavy atom. The minimum absolute atomic E-state index is 0.00692. The fourth-order valence-corrected chi connectivity index (χ4v) is 3.20. The van der Waals surface area contributed by atoms with Crippen LogP contribution in [-0.4, -0.2) is 41.9 Å². The molecule has 10 heteroatoms. The number of allylic oxidation sites excluding steroid dienone is 1. The van der Waals surface area contributed by atoms with E-state index >= 15 is 0 Å². The largest absolute Gasteiger partial charge is 0.462 e. The van der Waals surface area contributed by atoms with Crippen molar-refractivity contribution < 1.29 is 23.1 Å². The van der Waals surface area contributed by atoms with Gasteiger partial charge in [0, 0.05) is 18.2 Å². The Kier molecular flexibility index (Phi) is 5.71. The molecule has 0 aliphatic carbocycles. The van der Waals surface area contributed by atoms with E-state index in [1.807, 2.05) is 0 Å². The fraction of sp³-hybridized carbons (Fsp3) is 0.263. The van der Waals surface area contributed by atoms with Gasteiger partial charge in [-0.3, -0.25) is 10.2 Å². The number of esters is 1. The van der Waals surface area contributed by atoms with Gasteiger partial charge in [-0.05, 0) is 31.2 Å². The number of rotatable bonds is 5. The SMILES string of the molecule is CCOC(=O)/C(C(=N)N)=C1/N=CC=C(N2CC(=O)CC2c2cc(F)ccc2F)N1. The number of hydrogen-bond donors (Lipinski definition) is 3. The molecule has 152 valence electrons. The Labute approximate surface area is 165 Å². The molecule has 1 aromatic rings. The molecule has 2 aliphatic heterocycles. The lowest BCUT2D eigenvalue weighted by atomic mass is 10.0. The van der Waals surface area contributed by atoms with E-state index in [0.29, 0.717) is 5.82 Å². The van der Waals surface area contributed by atoms with Crippen LogP contribution in [0.1, 0.15) is 24.9 Å². The van der Waals surface area contributed by atoms with Crippen LogP contribution in [0.15, 0.2) is 46.5 Å². The summed E-state index contributed by atoms with van der Waals surface area (Å²) < 4.78 is 32.9. The molecule has 2 aliphatic rings. The summed E-state index contributed by atoms with van der Waals surface area (Å²) in [6.07, 6.45) is 2.87. The minimum Gasteiger partial charge on any atom is -0.462 e. The topological polar surface area (TPSA) is 121 Å². The molecule has 0 radical (unpaired) electrons. The Balaban J connectivity index is 1.96. The van der Waals surface area contributed by atoms with Crippen LogP contribution in [0, 0.1) is 17.0 Å². The Morgan fingerprint density at radius 1 is 1.45 bits per heavy atom. The van der Waals surface area contributed by atoms with E-state index in [4.69, 9.17) is 15.9 Å². The number of likely N-dealkylation sites (tertiary alicyclic amines) is 1. The standard InChI is InChI=1S/C19H19F2N5O3/c1-2-29-19(28)16(17(22)23)18-24-6-5-15(25-18)26-9-11(27)8-14(26)12-7-10(20)3-4-13(12)21/h3-7,14,25H,2,8-9H2,1H3,(H3,22,23)/b18-16-. The lowest BCUT2D eigenvalue weighted by molar-refractivity contribution is -0.138. The molecule has 1 unspecified atom stereocenters. The number of nitrogens with two attached hydrogens (primary N) is 1. The van der Waals surface area contributed by atoms with Crippen LogP contribution in [0.2, 0.25) is 0 Å². The first-order valence-corrected chi connectivity index (χ1v) is 8.82. The van der Waals surface area contributed by atoms with Gasteiger partial charge in [0.05, 0.1) is 19.2 Å². The number of amidine groups is 1. The van der Waals surface area contributed by atoms with Crippen LogP contribution in [0.25, 0.3) is 0 Å². The van der Waals surface area contributed by atoms with Crippen LogP contribution < -0.4 is 11.1 Å². The molecule has 29 heavy (non-hydrogen) atoms. The number of hydrogen-bond acceptors (Lipinski definition) is 7. The van der Waals surface area contributed by atoms with Gasteiger partial charge in [0.2, 0.25) is 0 Å². The van der Waals surface area contributed by atoms with Crippen LogP contribution >= 0.6 is 0 Å². The average Bonchev–Trinajstić information content (AvgIpc) is 3.05. The van der Waals surface area contributed by atoms with Crippen molar-refractivity contribution in [2.45, 2.75) is 19.4 Å². The van der Waals surface area contributed by atoms with Crippen molar-refractivity contribution in [3.8, 4) is 0 Å². The highest BCUT2D eigenvalue weighted by Gasteiger charge is 2.36. The second kappa shape index (κ2) is 8.21. The van der Waals surface area contributed by atoms with Gasteiger partial charge in [0.15, 0.2) is 5.78 Å². The van der Waals surface area contributed by atoms with Crippen LogP contribution in [-0.2, 0) is 14.3 Å². The quantitative estimate of drug-likeness (QED) is 0.297. The number of nitrogens with one attached hydrogen (secondary N) is 2. The summed E-state index contributed by atoms with van der Waals surface area (Å²) in [4.78, 5) is 29.8. The lowest BCUT2D eigenvalue weighted by Crippen LogP contribution is -2.36. The number of ether oxygens (including phenoxy) is 1. The molecule has 3 rings (SSSR count). The Bertz CT molecular complexity index is 971. The predicted octanol–water partition coefficient (Wildman–Crippen LogP) is 1.51. The monoisotopic (exact) mass is 403 g/mol. The number of Topliss-reactive ketones (excluding diaryl/α,β-unsaturated/α-hetero) is 1. The second-order valence-corrected chi connectivity index (χ2v) is 6.37. The minimum atomic E-state index is -0.828. The van der Waals surface area contributed by atoms with Gasteiger partial charge in [0.1, 0.15) is 34.7 Å². The fourth-order valence-electron chi connectivity index (χ4n) is 3.20. The molecule has 0 saturated carbocycles. The molecule has 4 N–H and O–H groups in total. The highest BCUT2D eigenvalue weighted by molar-refractivity contribution is 6.17. The van der Waals surface area contributed by atoms with Crippen molar-refractivity contribution in [3.63, 3.8) is 0 Å². The first-order valence-electron chi connectivity index (χ1n) is 8.82. The van der Waals surface area contributed by atoms with Gasteiger partial charge >= 0.3 is 5.97 Å². The molecule has 1 atom stereocenters. The third-order valence-electron chi connectivity index (χ3n) is 4.44. The van der Waals surface area contributed by atoms with Crippen molar-refractivity contribution in [1.82, 2.24) is 10.2 Å². The molecule has 0 amide bonds. The predicted molar refractivity (Wildman–Crippen MR) is 101 cm³/mol. The lowest BCUT2D eigenvalue weighted by Gasteiger charge is -2.30. The van der Waals surface area contributed by atoms with Crippen molar-refractivity contribution in [2.75, 3.05) is 13.2 Å². The van der Waals surface area contributed by atoms with Gasteiger partial charge in [0.25, 0.3) is 0 Å². The summed E-state index contributed by atoms with van der Waals surface area (Å²) in [5.41, 5.74) is 5.28. The molecule has 1 aromatic carbocycles. The van der Waals surface area contributed by atoms with Gasteiger partial charge in [-0.25, -0.2) is 18.6 Å². The van der Waals surface area contributed by atoms with Gasteiger partial charge in [-0.15, -0.1) is 0 Å². The van der Waals surface area contributed by atoms with E-state index in [1.165, 1.54) is 12.3 Å². The van der Waals surface area contributed by atoms with Crippen molar-refractivity contribution in [2.24, 2.45) is 10.7 Å². The highest BCUT2D eigenvalue weighted by Crippen LogP contribution is 2.35. The Morgan fingerprint density at radius 3 is 2.90 bits per heavy atom. The normalized spacial score (nSPS) is 20.2. The summed E-state index contributed by atoms with van der Waals surface area (Å²) in [5.74, 6) is -2.49. The number of aliphatic imine (C=N–C) groups is 1. The maximum absolute atomic E-state index is 14.3. The molecule has 0 spiro atoms. The molecular weight excluding hydrogens is 384 g/mol. The van der Waals surface area contributed by atoms with E-state index in [2.05, 4.69) is 10.3 Å². The van der Waals surface area contributed by atoms with E-state index in [9.17, 15) is 18.4 Å². The van der Waals surface area contributed by atoms with Gasteiger partial charge in [-0.2, -0.15) is 0 Å². The van der Waals surface area contributed by atoms with Gasteiger partial charge < -0.3 is 20.7 Å². The van der Waals surface area contributed by atoms with Crippen LogP contribution in [0.3, 0.4) is 0 Å². The average molecular weight is 403 g/mol. The number of halogens is 2. The number of carbonyl (C=O) groups is 2. The number of carbonyl (C=O) groups excluding carboxylic acids is 2. The van der Waals surface area contributed by atoms with E-state index in [1.54, 1.807) is 11.8 Å². The molecule has 0 aromatic heterocycles. The summed E-state index contributed by atoms with van der Waals surface area (Å²) >= 11 is 0. The zero-order valence-corrected chi connectivity index (χ0v) is 15.5. The van der Waals surface area contributed by atoms with E-state index < -0.39 is 29.5 Å². The van der Waals surface area contributed by atoms with Crippen LogP contribution in [0.5, 0.6) is 0 Å². The molecule has 2 heterocycles. The maximum Gasteiger partial charge on any atom is 0.345 e. The summed E-state index contributed by atoms with van der Waals surface area (Å²) in [6, 6.07) is 2.33. The number of ketones is 1. The van der Waals surface area contributed by atoms with E-state index in [0.717, 1.165) is 18.2 Å². The zero-order valence-electron chi connectivity index (χ0n) is 15.5. The first-order chi connectivity index (χ1) is 13.8. The molecule has 8 nitrogen and oxygen atoms in total. The molecule has 1 saturated heterocycles. The molecule has 0 bridgehead atoms. The molecular formula is C19H19F2N5O3. The summed E-state index contributed by atoms with van der Waals surface area (Å²) in [6.45, 7) is 1.64. The van der Waals surface area contributed by atoms with Crippen LogP contribution in [0.4, 0.5) is 8.78 Å². The number of nitrogens with zero attached hydrogens (tertiary/aromatic N) is 2. The van der Waals surface area contributed by atoms with Gasteiger partial charge in [-0.1, -0.05) is 0 Å². The number of benzene rings is 1. The van der Waals surface area contributed by atoms with Crippen molar-refractivity contribution in [3.05, 3.63) is 58.7 Å². The first kappa shape index (κ1) is 20.2. The molecule has 1 fully saturated rings. The van der Waals surface area contributed by atoms with Crippen molar-refractivity contribution >= 4 is 23.8 Å². The second-order valence-electron chi connectivity index (χ2n) is 6.37. The highest BCUT2D eigenvalue weighted by atomic mass is 19.1. The van der Waals surface area contributed by atoms with E-state index in [-0.39, 0.29) is 42.3 Å². The smallest absolute Gasteiger partial charge is 0.345 e.